The van der Waals surface area contributed by atoms with Crippen molar-refractivity contribution in [1.29, 1.82) is 0 Å². The van der Waals surface area contributed by atoms with Gasteiger partial charge in [-0.3, -0.25) is 10.1 Å². The highest BCUT2D eigenvalue weighted by molar-refractivity contribution is 7.80. The Balaban J connectivity index is 1.79. The van der Waals surface area contributed by atoms with Gasteiger partial charge < -0.3 is 20.7 Å². The van der Waals surface area contributed by atoms with Crippen LogP contribution in [0, 0.1) is 10.1 Å². The molecule has 1 atom stereocenters. The smallest absolute Gasteiger partial charge is 0.378 e. The Kier molecular flexibility index (Phi) is 6.98. The molecule has 2 rings (SSSR count). The molecule has 7 nitrogen and oxygen atoms in total. The average molecular weight is 392 g/mol. The molecule has 144 valence electrons. The van der Waals surface area contributed by atoms with Crippen molar-refractivity contribution in [2.24, 2.45) is 0 Å². The molecule has 1 heterocycles. The second-order valence-corrected chi connectivity index (χ2v) is 6.09. The third-order valence-electron chi connectivity index (χ3n) is 3.76. The van der Waals surface area contributed by atoms with Crippen molar-refractivity contribution in [3.05, 3.63) is 33.9 Å². The number of nitro benzene ring substituents is 1. The molecule has 0 amide bonds. The Hall–Kier alpha value is -2.14. The summed E-state index contributed by atoms with van der Waals surface area (Å²) in [6, 6.07) is 2.37. The summed E-state index contributed by atoms with van der Waals surface area (Å²) >= 11 is 5.11. The van der Waals surface area contributed by atoms with E-state index in [9.17, 15) is 23.3 Å². The summed E-state index contributed by atoms with van der Waals surface area (Å²) in [5.74, 6) is 0. The fourth-order valence-electron chi connectivity index (χ4n) is 2.46. The number of halogens is 3. The van der Waals surface area contributed by atoms with Crippen LogP contribution in [-0.2, 0) is 10.9 Å². The first-order chi connectivity index (χ1) is 12.3. The Morgan fingerprint density at radius 3 is 2.73 bits per heavy atom. The van der Waals surface area contributed by atoms with E-state index in [1.807, 2.05) is 0 Å². The van der Waals surface area contributed by atoms with Gasteiger partial charge in [-0.05, 0) is 37.2 Å². The van der Waals surface area contributed by atoms with Gasteiger partial charge in [0.2, 0.25) is 0 Å². The minimum atomic E-state index is -4.63. The molecule has 0 radical (unpaired) electrons. The number of rotatable bonds is 7. The zero-order chi connectivity index (χ0) is 19.2. The molecule has 3 N–H and O–H groups in total. The lowest BCUT2D eigenvalue weighted by Gasteiger charge is -2.14. The zero-order valence-electron chi connectivity index (χ0n) is 13.8. The number of hydrogen-bond acceptors (Lipinski definition) is 5. The fraction of sp³-hybridized carbons (Fsp3) is 0.533. The van der Waals surface area contributed by atoms with E-state index in [4.69, 9.17) is 17.0 Å². The van der Waals surface area contributed by atoms with Gasteiger partial charge in [-0.1, -0.05) is 0 Å². The van der Waals surface area contributed by atoms with Gasteiger partial charge in [0.1, 0.15) is 5.69 Å². The molecule has 1 aromatic rings. The van der Waals surface area contributed by atoms with Crippen molar-refractivity contribution in [2.45, 2.75) is 25.1 Å². The van der Waals surface area contributed by atoms with Crippen LogP contribution in [0.3, 0.4) is 0 Å². The number of nitrogens with one attached hydrogen (secondary N) is 3. The highest BCUT2D eigenvalue weighted by Crippen LogP contribution is 2.34. The summed E-state index contributed by atoms with van der Waals surface area (Å²) in [5, 5.41) is 20.1. The second kappa shape index (κ2) is 8.99. The van der Waals surface area contributed by atoms with E-state index >= 15 is 0 Å². The number of thiocarbonyl (C=S) groups is 1. The molecule has 26 heavy (non-hydrogen) atoms. The highest BCUT2D eigenvalue weighted by Gasteiger charge is 2.33. The van der Waals surface area contributed by atoms with Crippen molar-refractivity contribution in [2.75, 3.05) is 31.6 Å². The van der Waals surface area contributed by atoms with E-state index in [1.165, 1.54) is 0 Å². The molecular formula is C15H19F3N4O3S. The molecule has 1 saturated heterocycles. The summed E-state index contributed by atoms with van der Waals surface area (Å²) in [7, 11) is 0. The van der Waals surface area contributed by atoms with Gasteiger partial charge in [-0.2, -0.15) is 13.2 Å². The van der Waals surface area contributed by atoms with Gasteiger partial charge >= 0.3 is 6.18 Å². The van der Waals surface area contributed by atoms with Gasteiger partial charge in [-0.25, -0.2) is 0 Å². The molecule has 0 bridgehead atoms. The van der Waals surface area contributed by atoms with Crippen molar-refractivity contribution in [1.82, 2.24) is 10.6 Å². The van der Waals surface area contributed by atoms with Crippen molar-refractivity contribution >= 4 is 28.7 Å². The number of nitrogens with zero attached hydrogens (tertiary/aromatic N) is 1. The lowest BCUT2D eigenvalue weighted by Crippen LogP contribution is -2.41. The molecule has 1 aromatic carbocycles. The predicted molar refractivity (Wildman–Crippen MR) is 94.2 cm³/mol. The van der Waals surface area contributed by atoms with Crippen LogP contribution in [-0.4, -0.2) is 42.4 Å². The minimum Gasteiger partial charge on any atom is -0.378 e. The lowest BCUT2D eigenvalue weighted by molar-refractivity contribution is -0.384. The summed E-state index contributed by atoms with van der Waals surface area (Å²) in [4.78, 5) is 10.1. The van der Waals surface area contributed by atoms with E-state index in [0.29, 0.717) is 24.3 Å². The van der Waals surface area contributed by atoms with E-state index in [1.54, 1.807) is 0 Å². The van der Waals surface area contributed by atoms with Gasteiger partial charge in [0.05, 0.1) is 16.6 Å². The first-order valence-corrected chi connectivity index (χ1v) is 8.41. The summed E-state index contributed by atoms with van der Waals surface area (Å²) < 4.78 is 43.4. The Labute approximate surface area is 153 Å². The maximum Gasteiger partial charge on any atom is 0.416 e. The Bertz CT molecular complexity index is 652. The van der Waals surface area contributed by atoms with E-state index < -0.39 is 22.4 Å². The zero-order valence-corrected chi connectivity index (χ0v) is 14.6. The first-order valence-electron chi connectivity index (χ1n) is 8.00. The van der Waals surface area contributed by atoms with Crippen LogP contribution in [0.15, 0.2) is 18.2 Å². The van der Waals surface area contributed by atoms with Crippen LogP contribution in [0.4, 0.5) is 24.5 Å². The third-order valence-corrected chi connectivity index (χ3v) is 4.05. The van der Waals surface area contributed by atoms with Gasteiger partial charge in [-0.15, -0.1) is 0 Å². The van der Waals surface area contributed by atoms with Gasteiger partial charge in [0.25, 0.3) is 5.69 Å². The van der Waals surface area contributed by atoms with Crippen molar-refractivity contribution < 1.29 is 22.8 Å². The van der Waals surface area contributed by atoms with Crippen LogP contribution in [0.5, 0.6) is 0 Å². The van der Waals surface area contributed by atoms with Crippen LogP contribution < -0.4 is 16.0 Å². The van der Waals surface area contributed by atoms with Crippen LogP contribution in [0.2, 0.25) is 0 Å². The number of hydrogen-bond donors (Lipinski definition) is 3. The number of anilines is 1. The van der Waals surface area contributed by atoms with Gasteiger partial charge in [0, 0.05) is 32.3 Å². The normalized spacial score (nSPS) is 17.0. The largest absolute Gasteiger partial charge is 0.416 e. The molecular weight excluding hydrogens is 373 g/mol. The van der Waals surface area contributed by atoms with E-state index in [0.717, 1.165) is 31.6 Å². The van der Waals surface area contributed by atoms with E-state index in [2.05, 4.69) is 16.0 Å². The highest BCUT2D eigenvalue weighted by atomic mass is 32.1. The second-order valence-electron chi connectivity index (χ2n) is 5.69. The number of ether oxygens (including phenoxy) is 1. The topological polar surface area (TPSA) is 88.5 Å². The minimum absolute atomic E-state index is 0.0167. The lowest BCUT2D eigenvalue weighted by atomic mass is 10.1. The maximum atomic E-state index is 12.7. The van der Waals surface area contributed by atoms with Gasteiger partial charge in [0.15, 0.2) is 5.11 Å². The molecule has 0 aliphatic carbocycles. The van der Waals surface area contributed by atoms with Crippen LogP contribution in [0.1, 0.15) is 18.4 Å². The average Bonchev–Trinajstić information content (AvgIpc) is 3.09. The van der Waals surface area contributed by atoms with Crippen LogP contribution >= 0.6 is 12.2 Å². The molecule has 0 unspecified atom stereocenters. The molecule has 11 heteroatoms. The Morgan fingerprint density at radius 2 is 2.12 bits per heavy atom. The molecule has 0 saturated carbocycles. The maximum absolute atomic E-state index is 12.7. The summed E-state index contributed by atoms with van der Waals surface area (Å²) in [6.45, 7) is 1.94. The SMILES string of the molecule is O=[N+]([O-])c1cc(C(F)(F)F)ccc1NCCNC(=S)NC[C@@H]1CCCO1. The van der Waals surface area contributed by atoms with E-state index in [-0.39, 0.29) is 18.3 Å². The third kappa shape index (κ3) is 5.99. The van der Waals surface area contributed by atoms with Crippen LogP contribution in [0.25, 0.3) is 0 Å². The number of benzene rings is 1. The van der Waals surface area contributed by atoms with Crippen molar-refractivity contribution in [3.63, 3.8) is 0 Å². The standard InChI is InChI=1S/C15H19F3N4O3S/c16-15(17,18)10-3-4-12(13(8-10)22(23)24)19-5-6-20-14(26)21-9-11-2-1-7-25-11/h3-4,8,11,19H,1-2,5-7,9H2,(H2,20,21,26)/t11-/m0/s1. The fourth-order valence-corrected chi connectivity index (χ4v) is 2.64. The first kappa shape index (κ1) is 20.2. The number of alkyl halides is 3. The summed E-state index contributed by atoms with van der Waals surface area (Å²) in [5.41, 5.74) is -1.67. The number of nitro groups is 1. The molecule has 0 spiro atoms. The molecule has 1 aliphatic rings. The molecule has 0 aromatic heterocycles. The predicted octanol–water partition coefficient (Wildman–Crippen LogP) is 2.67. The summed E-state index contributed by atoms with van der Waals surface area (Å²) in [6.07, 6.45) is -2.48. The van der Waals surface area contributed by atoms with Crippen molar-refractivity contribution in [3.8, 4) is 0 Å². The quantitative estimate of drug-likeness (QED) is 0.285. The molecule has 1 fully saturated rings. The molecule has 1 aliphatic heterocycles. The monoisotopic (exact) mass is 392 g/mol. The Morgan fingerprint density at radius 1 is 1.35 bits per heavy atom.